The van der Waals surface area contributed by atoms with Crippen molar-refractivity contribution in [3.05, 3.63) is 161 Å². The summed E-state index contributed by atoms with van der Waals surface area (Å²) < 4.78 is 16.5. The van der Waals surface area contributed by atoms with Crippen molar-refractivity contribution in [1.82, 2.24) is 0 Å². The molecule has 0 aliphatic carbocycles. The molecule has 5 nitrogen and oxygen atoms in total. The van der Waals surface area contributed by atoms with E-state index in [1.54, 1.807) is 21.3 Å². The predicted molar refractivity (Wildman–Crippen MR) is 202 cm³/mol. The van der Waals surface area contributed by atoms with Gasteiger partial charge in [-0.05, 0) is 147 Å². The predicted octanol–water partition coefficient (Wildman–Crippen LogP) is 11.0. The van der Waals surface area contributed by atoms with Gasteiger partial charge in [0.25, 0.3) is 0 Å². The summed E-state index contributed by atoms with van der Waals surface area (Å²) in [5.74, 6) is 9.03. The van der Waals surface area contributed by atoms with Crippen LogP contribution in [0.5, 0.6) is 17.2 Å². The highest BCUT2D eigenvalue weighted by molar-refractivity contribution is 5.86. The van der Waals surface area contributed by atoms with E-state index < -0.39 is 0 Å². The number of nitrogens with zero attached hydrogens (tertiary/aromatic N) is 2. The van der Waals surface area contributed by atoms with Crippen LogP contribution in [0, 0.1) is 32.6 Å². The number of hydrogen-bond acceptors (Lipinski definition) is 5. The first kappa shape index (κ1) is 32.8. The zero-order valence-electron chi connectivity index (χ0n) is 28.8. The molecule has 0 bridgehead atoms. The largest absolute Gasteiger partial charge is 0.497 e. The van der Waals surface area contributed by atoms with Crippen LogP contribution in [-0.2, 0) is 0 Å². The minimum atomic E-state index is 0.803. The molecule has 0 amide bonds. The number of hydrogen-bond donors (Lipinski definition) is 0. The van der Waals surface area contributed by atoms with E-state index in [2.05, 4.69) is 139 Å². The molecule has 0 saturated carbocycles. The van der Waals surface area contributed by atoms with Gasteiger partial charge in [0.1, 0.15) is 17.2 Å². The summed E-state index contributed by atoms with van der Waals surface area (Å²) in [6.45, 7) is 6.40. The summed E-state index contributed by atoms with van der Waals surface area (Å²) in [6.07, 6.45) is 0. The standard InChI is InChI=1S/C44H40N2O3/c1-31-7-9-34(10-8-31)11-12-35-13-15-36(16-14-35)45(37-17-23-40(47-4)24-18-37)43-30-44(33(3)29-32(43)2)46(38-19-25-41(48-5)26-20-38)39-21-27-42(49-6)28-22-39/h7-10,13-30H,1-6H3. The van der Waals surface area contributed by atoms with E-state index in [1.807, 2.05) is 36.4 Å². The molecule has 0 heterocycles. The number of ether oxygens (including phenoxy) is 3. The molecule has 244 valence electrons. The van der Waals surface area contributed by atoms with Crippen LogP contribution in [-0.4, -0.2) is 21.3 Å². The van der Waals surface area contributed by atoms with Crippen LogP contribution in [0.25, 0.3) is 0 Å². The van der Waals surface area contributed by atoms with Crippen molar-refractivity contribution in [1.29, 1.82) is 0 Å². The van der Waals surface area contributed by atoms with E-state index >= 15 is 0 Å². The molecule has 5 heteroatoms. The van der Waals surface area contributed by atoms with Crippen molar-refractivity contribution in [2.24, 2.45) is 0 Å². The van der Waals surface area contributed by atoms with Crippen LogP contribution < -0.4 is 24.0 Å². The van der Waals surface area contributed by atoms with Gasteiger partial charge in [-0.25, -0.2) is 0 Å². The maximum atomic E-state index is 5.51. The molecule has 6 aromatic carbocycles. The molecule has 0 unspecified atom stereocenters. The van der Waals surface area contributed by atoms with Gasteiger partial charge in [-0.3, -0.25) is 0 Å². The van der Waals surface area contributed by atoms with Crippen molar-refractivity contribution >= 4 is 34.1 Å². The Kier molecular flexibility index (Phi) is 9.88. The van der Waals surface area contributed by atoms with E-state index in [1.165, 1.54) is 5.56 Å². The van der Waals surface area contributed by atoms with E-state index in [-0.39, 0.29) is 0 Å². The van der Waals surface area contributed by atoms with Crippen LogP contribution in [0.2, 0.25) is 0 Å². The van der Waals surface area contributed by atoms with E-state index in [4.69, 9.17) is 14.2 Å². The molecule has 6 rings (SSSR count). The van der Waals surface area contributed by atoms with Gasteiger partial charge < -0.3 is 24.0 Å². The van der Waals surface area contributed by atoms with E-state index in [9.17, 15) is 0 Å². The normalized spacial score (nSPS) is 10.5. The monoisotopic (exact) mass is 644 g/mol. The zero-order valence-corrected chi connectivity index (χ0v) is 28.8. The van der Waals surface area contributed by atoms with Crippen molar-refractivity contribution < 1.29 is 14.2 Å². The second-order valence-electron chi connectivity index (χ2n) is 11.9. The van der Waals surface area contributed by atoms with Crippen molar-refractivity contribution in [2.75, 3.05) is 31.1 Å². The summed E-state index contributed by atoms with van der Waals surface area (Å²) in [7, 11) is 5.06. The molecule has 0 fully saturated rings. The Balaban J connectivity index is 1.47. The third kappa shape index (κ3) is 7.40. The minimum absolute atomic E-state index is 0.803. The molecule has 0 aliphatic heterocycles. The molecule has 49 heavy (non-hydrogen) atoms. The molecule has 0 radical (unpaired) electrons. The average molecular weight is 645 g/mol. The van der Waals surface area contributed by atoms with Crippen LogP contribution in [0.4, 0.5) is 34.1 Å². The van der Waals surface area contributed by atoms with Crippen molar-refractivity contribution in [3.8, 4) is 29.1 Å². The lowest BCUT2D eigenvalue weighted by Gasteiger charge is -2.32. The molecule has 0 aliphatic rings. The third-order valence-electron chi connectivity index (χ3n) is 8.52. The van der Waals surface area contributed by atoms with Gasteiger partial charge in [-0.15, -0.1) is 0 Å². The zero-order chi connectivity index (χ0) is 34.3. The summed E-state index contributed by atoms with van der Waals surface area (Å²) in [4.78, 5) is 4.56. The molecule has 0 spiro atoms. The fraction of sp³-hybridized carbons (Fsp3) is 0.136. The first-order valence-electron chi connectivity index (χ1n) is 16.2. The Labute approximate surface area is 289 Å². The van der Waals surface area contributed by atoms with Gasteiger partial charge in [0.2, 0.25) is 0 Å². The Morgan fingerprint density at radius 2 is 0.694 bits per heavy atom. The van der Waals surface area contributed by atoms with Gasteiger partial charge in [-0.2, -0.15) is 0 Å². The van der Waals surface area contributed by atoms with Gasteiger partial charge in [0.05, 0.1) is 32.7 Å². The molecular weight excluding hydrogens is 604 g/mol. The highest BCUT2D eigenvalue weighted by Gasteiger charge is 2.21. The van der Waals surface area contributed by atoms with E-state index in [0.29, 0.717) is 0 Å². The highest BCUT2D eigenvalue weighted by Crippen LogP contribution is 2.44. The van der Waals surface area contributed by atoms with Gasteiger partial charge in [-0.1, -0.05) is 35.6 Å². The molecular formula is C44H40N2O3. The lowest BCUT2D eigenvalue weighted by Crippen LogP contribution is -2.15. The van der Waals surface area contributed by atoms with Crippen LogP contribution in [0.15, 0.2) is 133 Å². The fourth-order valence-electron chi connectivity index (χ4n) is 5.84. The number of rotatable bonds is 9. The van der Waals surface area contributed by atoms with Gasteiger partial charge in [0.15, 0.2) is 0 Å². The molecule has 0 aromatic heterocycles. The number of benzene rings is 6. The maximum Gasteiger partial charge on any atom is 0.119 e. The first-order valence-corrected chi connectivity index (χ1v) is 16.2. The average Bonchev–Trinajstić information content (AvgIpc) is 3.14. The quantitative estimate of drug-likeness (QED) is 0.146. The third-order valence-corrected chi connectivity index (χ3v) is 8.52. The van der Waals surface area contributed by atoms with Crippen molar-refractivity contribution in [3.63, 3.8) is 0 Å². The fourth-order valence-corrected chi connectivity index (χ4v) is 5.84. The first-order chi connectivity index (χ1) is 23.9. The van der Waals surface area contributed by atoms with Crippen LogP contribution >= 0.6 is 0 Å². The Morgan fingerprint density at radius 3 is 1.02 bits per heavy atom. The smallest absolute Gasteiger partial charge is 0.119 e. The molecule has 0 atom stereocenters. The maximum absolute atomic E-state index is 5.51. The summed E-state index contributed by atoms with van der Waals surface area (Å²) in [5, 5.41) is 0. The molecule has 0 N–H and O–H groups in total. The SMILES string of the molecule is COc1ccc(N(c2ccc(C#Cc3ccc(C)cc3)cc2)c2cc(N(c3ccc(OC)cc3)c3ccc(OC)cc3)c(C)cc2C)cc1. The van der Waals surface area contributed by atoms with Crippen LogP contribution in [0.3, 0.4) is 0 Å². The summed E-state index contributed by atoms with van der Waals surface area (Å²) in [5.41, 5.74) is 11.6. The van der Waals surface area contributed by atoms with Gasteiger partial charge >= 0.3 is 0 Å². The minimum Gasteiger partial charge on any atom is -0.497 e. The molecule has 6 aromatic rings. The highest BCUT2D eigenvalue weighted by atomic mass is 16.5. The Hall–Kier alpha value is -6.12. The lowest BCUT2D eigenvalue weighted by atomic mass is 10.0. The number of methoxy groups -OCH3 is 3. The van der Waals surface area contributed by atoms with Crippen molar-refractivity contribution in [2.45, 2.75) is 20.8 Å². The number of aryl methyl sites for hydroxylation is 3. The summed E-state index contributed by atoms with van der Waals surface area (Å²) in [6, 6.07) is 45.7. The Morgan fingerprint density at radius 1 is 0.388 bits per heavy atom. The molecule has 0 saturated heterocycles. The Bertz CT molecular complexity index is 2030. The topological polar surface area (TPSA) is 34.2 Å². The second-order valence-corrected chi connectivity index (χ2v) is 11.9. The number of anilines is 6. The van der Waals surface area contributed by atoms with Crippen LogP contribution in [0.1, 0.15) is 27.8 Å². The second kappa shape index (κ2) is 14.8. The van der Waals surface area contributed by atoms with E-state index in [0.717, 1.165) is 73.6 Å². The van der Waals surface area contributed by atoms with Gasteiger partial charge in [0, 0.05) is 33.9 Å². The summed E-state index contributed by atoms with van der Waals surface area (Å²) >= 11 is 0. The lowest BCUT2D eigenvalue weighted by molar-refractivity contribution is 0.414.